The van der Waals surface area contributed by atoms with Gasteiger partial charge in [-0.25, -0.2) is 0 Å². The van der Waals surface area contributed by atoms with Crippen LogP contribution in [0.25, 0.3) is 155 Å². The lowest BCUT2D eigenvalue weighted by molar-refractivity contribution is 0.660. The van der Waals surface area contributed by atoms with Crippen LogP contribution in [0.4, 0.5) is 34.1 Å². The third kappa shape index (κ3) is 12.6. The molecule has 0 bridgehead atoms. The molecular weight excluding hydrogens is 1420 g/mol. The summed E-state index contributed by atoms with van der Waals surface area (Å²) < 4.78 is 0. The van der Waals surface area contributed by atoms with Crippen molar-refractivity contribution >= 4 is 55.7 Å². The third-order valence-corrected chi connectivity index (χ3v) is 25.0. The first-order chi connectivity index (χ1) is 58.0. The van der Waals surface area contributed by atoms with Gasteiger partial charge in [0.1, 0.15) is 0 Å². The van der Waals surface area contributed by atoms with Gasteiger partial charge in [0.2, 0.25) is 0 Å². The van der Waals surface area contributed by atoms with Crippen LogP contribution in [-0.2, 0) is 10.8 Å². The van der Waals surface area contributed by atoms with E-state index in [2.05, 4.69) is 474 Å². The number of hydrogen-bond acceptors (Lipinski definition) is 2. The fraction of sp³-hybridized carbons (Fsp3) is 0.0517. The van der Waals surface area contributed by atoms with Gasteiger partial charge in [0.15, 0.2) is 0 Å². The van der Waals surface area contributed by atoms with Crippen LogP contribution in [0.15, 0.2) is 437 Å². The molecule has 0 radical (unpaired) electrons. The van der Waals surface area contributed by atoms with Crippen molar-refractivity contribution in [1.29, 1.82) is 0 Å². The highest BCUT2D eigenvalue weighted by Gasteiger charge is 2.38. The van der Waals surface area contributed by atoms with Crippen LogP contribution < -0.4 is 9.80 Å². The van der Waals surface area contributed by atoms with E-state index in [1.165, 1.54) is 105 Å². The predicted molar refractivity (Wildman–Crippen MR) is 500 cm³/mol. The van der Waals surface area contributed by atoms with Gasteiger partial charge in [0.25, 0.3) is 0 Å². The number of nitrogens with zero attached hydrogens (tertiary/aromatic N) is 2. The Bertz CT molecular complexity index is 6970. The molecule has 21 rings (SSSR count). The lowest BCUT2D eigenvalue weighted by atomic mass is 9.81. The van der Waals surface area contributed by atoms with Crippen molar-refractivity contribution in [3.05, 3.63) is 459 Å². The van der Waals surface area contributed by atoms with E-state index < -0.39 is 0 Å². The number of hydrogen-bond donors (Lipinski definition) is 0. The highest BCUT2D eigenvalue weighted by molar-refractivity contribution is 6.07. The zero-order valence-corrected chi connectivity index (χ0v) is 66.5. The van der Waals surface area contributed by atoms with E-state index in [0.29, 0.717) is 0 Å². The normalized spacial score (nSPS) is 12.7. The fourth-order valence-electron chi connectivity index (χ4n) is 19.1. The van der Waals surface area contributed by atoms with E-state index >= 15 is 0 Å². The molecule has 0 saturated carbocycles. The molecule has 0 atom stereocenters. The number of anilines is 6. The zero-order valence-electron chi connectivity index (χ0n) is 66.5. The van der Waals surface area contributed by atoms with E-state index in [1.807, 2.05) is 0 Å². The highest BCUT2D eigenvalue weighted by atomic mass is 15.2. The second-order valence-electron chi connectivity index (χ2n) is 32.7. The van der Waals surface area contributed by atoms with Gasteiger partial charge in [0.05, 0.1) is 11.4 Å². The SMILES string of the molecule is CC1(C)c2ccccc2-c2ccc(-c3ccc(N(c4cc(-c5ccccc5)cc(-c5ccccc5)c4)c4ccccc4-c4cccc(-c5cccc6c(-c7ccc8c(c7)-c7ccc(N(c9cc(-c%10ccccc%10)cc(-c%10ccccc%10)c9)c9ccccc9-c9cccc(-c%10cccc%11ccccc%10%11)c9)cc7C8(C)C)cccc56)c4)cc3)cc21. The van der Waals surface area contributed by atoms with Crippen LogP contribution >= 0.6 is 0 Å². The van der Waals surface area contributed by atoms with Crippen molar-refractivity contribution in [3.8, 4) is 134 Å². The molecule has 0 aromatic heterocycles. The maximum absolute atomic E-state index is 2.52. The Labute approximate surface area is 691 Å². The van der Waals surface area contributed by atoms with Crippen molar-refractivity contribution in [2.24, 2.45) is 0 Å². The van der Waals surface area contributed by atoms with Crippen LogP contribution in [0.1, 0.15) is 49.9 Å². The van der Waals surface area contributed by atoms with Crippen LogP contribution in [0.2, 0.25) is 0 Å². The van der Waals surface area contributed by atoms with Gasteiger partial charge < -0.3 is 9.80 Å². The standard InChI is InChI=1S/C116H84N2/c1-115(2)109-53-22-19-47-105(109)106-63-58-83(75-111(106)115)81-56-60-93(61-57-81)117(95-70-89(77-30-9-5-10-31-77)68-90(71-95)78-32-11-6-12-33-78)113-54-23-20-45-101(113)87-43-26-41-85(67-87)99-49-28-52-104-100(50-29-51-103(99)104)88-59-65-110-108(74-88)107-64-62-94(76-112(107)116(110,3)4)118(96-72-91(79-34-13-7-14-35-79)69-92(73-96)80-36-15-8-16-37-80)114-55-24-21-46-102(114)86-42-25-40-84(66-86)98-48-27-39-82-38-17-18-44-97(82)98/h5-76H,1-4H3. The van der Waals surface area contributed by atoms with Crippen LogP contribution in [0, 0.1) is 0 Å². The van der Waals surface area contributed by atoms with E-state index in [0.717, 1.165) is 106 Å². The Morgan fingerprint density at radius 1 is 0.153 bits per heavy atom. The molecule has 0 spiro atoms. The topological polar surface area (TPSA) is 6.48 Å². The summed E-state index contributed by atoms with van der Waals surface area (Å²) in [4.78, 5) is 4.99. The second kappa shape index (κ2) is 29.3. The summed E-state index contributed by atoms with van der Waals surface area (Å²) in [5.41, 5.74) is 39.9. The summed E-state index contributed by atoms with van der Waals surface area (Å²) in [6.45, 7) is 9.55. The summed E-state index contributed by atoms with van der Waals surface area (Å²) in [5.74, 6) is 0. The van der Waals surface area contributed by atoms with Crippen molar-refractivity contribution < 1.29 is 0 Å². The molecule has 118 heavy (non-hydrogen) atoms. The second-order valence-corrected chi connectivity index (χ2v) is 32.7. The summed E-state index contributed by atoms with van der Waals surface area (Å²) in [7, 11) is 0. The first-order valence-electron chi connectivity index (χ1n) is 41.2. The Morgan fingerprint density at radius 2 is 0.466 bits per heavy atom. The number of fused-ring (bicyclic) bond motifs is 8. The highest BCUT2D eigenvalue weighted by Crippen LogP contribution is 2.55. The molecule has 0 amide bonds. The van der Waals surface area contributed by atoms with E-state index in [4.69, 9.17) is 0 Å². The largest absolute Gasteiger partial charge is 0.310 e. The third-order valence-electron chi connectivity index (χ3n) is 25.0. The molecule has 0 saturated heterocycles. The summed E-state index contributed by atoms with van der Waals surface area (Å²) in [6.07, 6.45) is 0. The average molecular weight is 1510 g/mol. The van der Waals surface area contributed by atoms with Crippen molar-refractivity contribution in [2.75, 3.05) is 9.80 Å². The van der Waals surface area contributed by atoms with Crippen LogP contribution in [-0.4, -0.2) is 0 Å². The lowest BCUT2D eigenvalue weighted by Gasteiger charge is -2.30. The fourth-order valence-corrected chi connectivity index (χ4v) is 19.1. The summed E-state index contributed by atoms with van der Waals surface area (Å²) in [5, 5.41) is 4.88. The Balaban J connectivity index is 0.656. The van der Waals surface area contributed by atoms with Crippen LogP contribution in [0.3, 0.4) is 0 Å². The molecule has 2 aliphatic rings. The minimum Gasteiger partial charge on any atom is -0.310 e. The summed E-state index contributed by atoms with van der Waals surface area (Å²) in [6, 6.07) is 163. The minimum atomic E-state index is -0.332. The van der Waals surface area contributed by atoms with E-state index in [1.54, 1.807) is 0 Å². The predicted octanol–water partition coefficient (Wildman–Crippen LogP) is 32.2. The van der Waals surface area contributed by atoms with Gasteiger partial charge in [-0.15, -0.1) is 0 Å². The van der Waals surface area contributed by atoms with Gasteiger partial charge in [0, 0.05) is 44.7 Å². The van der Waals surface area contributed by atoms with Crippen molar-refractivity contribution in [2.45, 2.75) is 38.5 Å². The maximum Gasteiger partial charge on any atom is 0.0540 e. The quantitative estimate of drug-likeness (QED) is 0.0951. The van der Waals surface area contributed by atoms with Gasteiger partial charge in [-0.2, -0.15) is 0 Å². The molecule has 558 valence electrons. The molecule has 0 aliphatic heterocycles. The Hall–Kier alpha value is -14.7. The molecular formula is C116H84N2. The monoisotopic (exact) mass is 1500 g/mol. The first kappa shape index (κ1) is 71.1. The minimum absolute atomic E-state index is 0.106. The van der Waals surface area contributed by atoms with Gasteiger partial charge in [-0.1, -0.05) is 367 Å². The smallest absolute Gasteiger partial charge is 0.0540 e. The van der Waals surface area contributed by atoms with Crippen molar-refractivity contribution in [3.63, 3.8) is 0 Å². The molecule has 0 fully saturated rings. The van der Waals surface area contributed by atoms with Crippen LogP contribution in [0.5, 0.6) is 0 Å². The molecule has 0 unspecified atom stereocenters. The maximum atomic E-state index is 2.52. The van der Waals surface area contributed by atoms with E-state index in [9.17, 15) is 0 Å². The Morgan fingerprint density at radius 3 is 1.00 bits per heavy atom. The molecule has 19 aromatic carbocycles. The zero-order chi connectivity index (χ0) is 79.0. The molecule has 0 heterocycles. The first-order valence-corrected chi connectivity index (χ1v) is 41.2. The molecule has 2 heteroatoms. The lowest BCUT2D eigenvalue weighted by Crippen LogP contribution is -2.17. The number of rotatable bonds is 16. The van der Waals surface area contributed by atoms with Gasteiger partial charge in [-0.05, 0) is 263 Å². The molecule has 0 N–H and O–H groups in total. The summed E-state index contributed by atoms with van der Waals surface area (Å²) >= 11 is 0. The number of para-hydroxylation sites is 2. The molecule has 19 aromatic rings. The molecule has 2 aliphatic carbocycles. The Kier molecular flexibility index (Phi) is 17.7. The van der Waals surface area contributed by atoms with Gasteiger partial charge >= 0.3 is 0 Å². The van der Waals surface area contributed by atoms with Crippen molar-refractivity contribution in [1.82, 2.24) is 0 Å². The average Bonchev–Trinajstić information content (AvgIpc) is 1.58. The van der Waals surface area contributed by atoms with Gasteiger partial charge in [-0.3, -0.25) is 0 Å². The number of benzene rings is 19. The van der Waals surface area contributed by atoms with E-state index in [-0.39, 0.29) is 10.8 Å². The molecule has 2 nitrogen and oxygen atoms in total.